The zero-order valence-electron chi connectivity index (χ0n) is 17.0. The van der Waals surface area contributed by atoms with Crippen LogP contribution < -0.4 is 5.32 Å². The molecule has 7 nitrogen and oxygen atoms in total. The van der Waals surface area contributed by atoms with E-state index in [-0.39, 0.29) is 9.90 Å². The van der Waals surface area contributed by atoms with Crippen molar-refractivity contribution in [2.75, 3.05) is 11.9 Å². The van der Waals surface area contributed by atoms with Crippen molar-refractivity contribution in [2.45, 2.75) is 37.6 Å². The van der Waals surface area contributed by atoms with E-state index in [9.17, 15) is 17.6 Å². The molecule has 2 aromatic carbocycles. The highest BCUT2D eigenvalue weighted by atomic mass is 32.2. The molecule has 4 rings (SSSR count). The molecule has 1 saturated heterocycles. The first-order valence-electron chi connectivity index (χ1n) is 9.74. The van der Waals surface area contributed by atoms with Gasteiger partial charge in [-0.05, 0) is 74.2 Å². The molecule has 0 unspecified atom stereocenters. The van der Waals surface area contributed by atoms with Crippen molar-refractivity contribution in [3.05, 3.63) is 69.4 Å². The summed E-state index contributed by atoms with van der Waals surface area (Å²) in [5, 5.41) is 11.3. The van der Waals surface area contributed by atoms with Crippen molar-refractivity contribution in [1.29, 1.82) is 0 Å². The van der Waals surface area contributed by atoms with Crippen molar-refractivity contribution < 1.29 is 17.6 Å². The lowest BCUT2D eigenvalue weighted by molar-refractivity contribution is 0.102. The molecule has 1 aliphatic heterocycles. The molecule has 3 aromatic rings. The largest absolute Gasteiger partial charge is 0.320 e. The van der Waals surface area contributed by atoms with Gasteiger partial charge in [-0.25, -0.2) is 12.8 Å². The van der Waals surface area contributed by atoms with Crippen molar-refractivity contribution in [3.63, 3.8) is 0 Å². The summed E-state index contributed by atoms with van der Waals surface area (Å²) in [6.45, 7) is 4.12. The van der Waals surface area contributed by atoms with Crippen LogP contribution in [0.4, 0.5) is 10.1 Å². The number of amides is 1. The Morgan fingerprint density at radius 2 is 1.81 bits per heavy atom. The van der Waals surface area contributed by atoms with Gasteiger partial charge in [-0.15, -0.1) is 10.2 Å². The van der Waals surface area contributed by atoms with Crippen LogP contribution >= 0.6 is 11.3 Å². The van der Waals surface area contributed by atoms with Gasteiger partial charge in [0.1, 0.15) is 10.8 Å². The number of benzene rings is 2. The van der Waals surface area contributed by atoms with Gasteiger partial charge in [0.15, 0.2) is 0 Å². The average molecular weight is 461 g/mol. The van der Waals surface area contributed by atoms with Gasteiger partial charge in [0.05, 0.1) is 10.9 Å². The molecule has 1 atom stereocenters. The van der Waals surface area contributed by atoms with Gasteiger partial charge in [0.25, 0.3) is 5.91 Å². The molecular weight excluding hydrogens is 439 g/mol. The van der Waals surface area contributed by atoms with Gasteiger partial charge >= 0.3 is 0 Å². The SMILES string of the molecule is Cc1cc(C)cc(S(=O)(=O)N2CCC[C@H]2c2nnc(C(=O)Nc3ccc(F)cc3)s2)c1. The lowest BCUT2D eigenvalue weighted by atomic mass is 10.2. The number of sulfonamides is 1. The Morgan fingerprint density at radius 3 is 2.48 bits per heavy atom. The van der Waals surface area contributed by atoms with Crippen LogP contribution in [-0.2, 0) is 10.0 Å². The number of nitrogens with one attached hydrogen (secondary N) is 1. The van der Waals surface area contributed by atoms with E-state index < -0.39 is 27.8 Å². The molecule has 1 aromatic heterocycles. The topological polar surface area (TPSA) is 92.3 Å². The number of halogens is 1. The lowest BCUT2D eigenvalue weighted by Crippen LogP contribution is -2.30. The molecule has 0 aliphatic carbocycles. The molecule has 0 spiro atoms. The Balaban J connectivity index is 1.56. The zero-order valence-corrected chi connectivity index (χ0v) is 18.6. The highest BCUT2D eigenvalue weighted by molar-refractivity contribution is 7.89. The molecule has 31 heavy (non-hydrogen) atoms. The van der Waals surface area contributed by atoms with E-state index in [1.54, 1.807) is 12.1 Å². The van der Waals surface area contributed by atoms with Gasteiger partial charge in [-0.3, -0.25) is 4.79 Å². The highest BCUT2D eigenvalue weighted by Crippen LogP contribution is 2.38. The fraction of sp³-hybridized carbons (Fsp3) is 0.286. The Bertz CT molecular complexity index is 1210. The van der Waals surface area contributed by atoms with Gasteiger partial charge < -0.3 is 5.32 Å². The molecule has 1 fully saturated rings. The summed E-state index contributed by atoms with van der Waals surface area (Å²) in [6, 6.07) is 10.2. The lowest BCUT2D eigenvalue weighted by Gasteiger charge is -2.22. The number of carbonyl (C=O) groups is 1. The van der Waals surface area contributed by atoms with Crippen molar-refractivity contribution in [3.8, 4) is 0 Å². The van der Waals surface area contributed by atoms with E-state index in [4.69, 9.17) is 0 Å². The first-order valence-corrected chi connectivity index (χ1v) is 12.0. The third kappa shape index (κ3) is 4.51. The van der Waals surface area contributed by atoms with Crippen LogP contribution in [0, 0.1) is 19.7 Å². The zero-order chi connectivity index (χ0) is 22.2. The van der Waals surface area contributed by atoms with Crippen LogP contribution in [-0.4, -0.2) is 35.4 Å². The molecule has 0 bridgehead atoms. The van der Waals surface area contributed by atoms with Crippen LogP contribution in [0.2, 0.25) is 0 Å². The molecule has 1 N–H and O–H groups in total. The second kappa shape index (κ2) is 8.45. The predicted molar refractivity (Wildman–Crippen MR) is 116 cm³/mol. The summed E-state index contributed by atoms with van der Waals surface area (Å²) >= 11 is 1.07. The van der Waals surface area contributed by atoms with E-state index in [1.807, 2.05) is 19.9 Å². The molecule has 162 valence electrons. The number of aromatic nitrogens is 2. The monoisotopic (exact) mass is 460 g/mol. The summed E-state index contributed by atoms with van der Waals surface area (Å²) in [4.78, 5) is 12.7. The maximum absolute atomic E-state index is 13.3. The van der Waals surface area contributed by atoms with Gasteiger partial charge in [0, 0.05) is 12.2 Å². The molecule has 10 heteroatoms. The Labute approximate surface area is 184 Å². The minimum Gasteiger partial charge on any atom is -0.320 e. The summed E-state index contributed by atoms with van der Waals surface area (Å²) in [5.74, 6) is -0.875. The van der Waals surface area contributed by atoms with Crippen molar-refractivity contribution >= 4 is 33.0 Å². The maximum Gasteiger partial charge on any atom is 0.286 e. The molecule has 0 radical (unpaired) electrons. The standard InChI is InChI=1S/C21H21FN4O3S2/c1-13-10-14(2)12-17(11-13)31(28,29)26-9-3-4-18(26)20-24-25-21(30-20)19(27)23-16-7-5-15(22)6-8-16/h5-8,10-12,18H,3-4,9H2,1-2H3,(H,23,27)/t18-/m0/s1. The fourth-order valence-electron chi connectivity index (χ4n) is 3.67. The van der Waals surface area contributed by atoms with Crippen LogP contribution in [0.25, 0.3) is 0 Å². The molecule has 0 saturated carbocycles. The first kappa shape index (κ1) is 21.5. The quantitative estimate of drug-likeness (QED) is 0.620. The second-order valence-electron chi connectivity index (χ2n) is 7.50. The minimum atomic E-state index is -3.71. The first-order chi connectivity index (χ1) is 14.7. The number of aryl methyl sites for hydroxylation is 2. The predicted octanol–water partition coefficient (Wildman–Crippen LogP) is 4.07. The third-order valence-electron chi connectivity index (χ3n) is 5.03. The number of anilines is 1. The summed E-state index contributed by atoms with van der Waals surface area (Å²) in [7, 11) is -3.71. The Hall–Kier alpha value is -2.69. The van der Waals surface area contributed by atoms with E-state index in [1.165, 1.54) is 28.6 Å². The number of hydrogen-bond acceptors (Lipinski definition) is 6. The normalized spacial score (nSPS) is 17.1. The summed E-state index contributed by atoms with van der Waals surface area (Å²) in [6.07, 6.45) is 1.31. The minimum absolute atomic E-state index is 0.120. The van der Waals surface area contributed by atoms with Gasteiger partial charge in [-0.2, -0.15) is 4.31 Å². The molecule has 2 heterocycles. The van der Waals surface area contributed by atoms with E-state index >= 15 is 0 Å². The molecular formula is C21H21FN4O3S2. The highest BCUT2D eigenvalue weighted by Gasteiger charge is 2.38. The van der Waals surface area contributed by atoms with Gasteiger partial charge in [-0.1, -0.05) is 17.4 Å². The van der Waals surface area contributed by atoms with Gasteiger partial charge in [0.2, 0.25) is 15.0 Å². The van der Waals surface area contributed by atoms with Crippen molar-refractivity contribution in [1.82, 2.24) is 14.5 Å². The average Bonchev–Trinajstić information content (AvgIpc) is 3.38. The van der Waals surface area contributed by atoms with E-state index in [2.05, 4.69) is 15.5 Å². The van der Waals surface area contributed by atoms with Crippen LogP contribution in [0.3, 0.4) is 0 Å². The second-order valence-corrected chi connectivity index (χ2v) is 10.4. The fourth-order valence-corrected chi connectivity index (χ4v) is 6.47. The van der Waals surface area contributed by atoms with Crippen LogP contribution in [0.15, 0.2) is 47.4 Å². The van der Waals surface area contributed by atoms with E-state index in [0.29, 0.717) is 30.1 Å². The van der Waals surface area contributed by atoms with Crippen molar-refractivity contribution in [2.24, 2.45) is 0 Å². The number of nitrogens with zero attached hydrogens (tertiary/aromatic N) is 3. The third-order valence-corrected chi connectivity index (χ3v) is 7.94. The molecule has 1 amide bonds. The number of rotatable bonds is 5. The Morgan fingerprint density at radius 1 is 1.13 bits per heavy atom. The van der Waals surface area contributed by atoms with Crippen LogP contribution in [0.5, 0.6) is 0 Å². The summed E-state index contributed by atoms with van der Waals surface area (Å²) in [5.41, 5.74) is 2.19. The number of carbonyl (C=O) groups excluding carboxylic acids is 1. The van der Waals surface area contributed by atoms with E-state index in [0.717, 1.165) is 22.5 Å². The summed E-state index contributed by atoms with van der Waals surface area (Å²) < 4.78 is 41.1. The Kier molecular flexibility index (Phi) is 5.87. The number of hydrogen-bond donors (Lipinski definition) is 1. The van der Waals surface area contributed by atoms with Crippen LogP contribution in [0.1, 0.15) is 44.8 Å². The maximum atomic E-state index is 13.3. The smallest absolute Gasteiger partial charge is 0.286 e. The molecule has 1 aliphatic rings.